The lowest BCUT2D eigenvalue weighted by Crippen LogP contribution is -2.46. The van der Waals surface area contributed by atoms with E-state index in [1.807, 2.05) is 19.1 Å². The number of Topliss-reactive ketones (excluding diaryl/α,β-unsaturated/α-hetero) is 1. The summed E-state index contributed by atoms with van der Waals surface area (Å²) in [7, 11) is 0. The number of hydrogen-bond acceptors (Lipinski definition) is 4. The van der Waals surface area contributed by atoms with E-state index in [0.717, 1.165) is 6.42 Å². The third-order valence-electron chi connectivity index (χ3n) is 3.01. The molecule has 0 radical (unpaired) electrons. The molecule has 2 atom stereocenters. The fourth-order valence-electron chi connectivity index (χ4n) is 1.84. The predicted molar refractivity (Wildman–Crippen MR) is 64.5 cm³/mol. The highest BCUT2D eigenvalue weighted by atomic mass is 16.5. The molecule has 1 rings (SSSR count). The van der Waals surface area contributed by atoms with Crippen LogP contribution in [0.3, 0.4) is 0 Å². The van der Waals surface area contributed by atoms with Crippen LogP contribution >= 0.6 is 0 Å². The molecule has 0 amide bonds. The number of rotatable bonds is 5. The van der Waals surface area contributed by atoms with Gasteiger partial charge in [0.15, 0.2) is 5.60 Å². The first kappa shape index (κ1) is 13.8. The lowest BCUT2D eigenvalue weighted by atomic mass is 9.91. The zero-order valence-corrected chi connectivity index (χ0v) is 10.6. The van der Waals surface area contributed by atoms with Crippen molar-refractivity contribution in [1.82, 2.24) is 0 Å². The van der Waals surface area contributed by atoms with Gasteiger partial charge in [-0.3, -0.25) is 4.79 Å². The van der Waals surface area contributed by atoms with Crippen molar-refractivity contribution in [1.29, 1.82) is 0 Å². The molecule has 96 valence electrons. The smallest absolute Gasteiger partial charge is 0.246 e. The number of carbonyl (C=O) groups excluding carboxylic acids is 1. The summed E-state index contributed by atoms with van der Waals surface area (Å²) in [6.07, 6.45) is 5.11. The van der Waals surface area contributed by atoms with Crippen LogP contribution in [0.1, 0.15) is 40.0 Å². The highest BCUT2D eigenvalue weighted by molar-refractivity contribution is 6.02. The standard InChI is InChI=1S/C13H20O4/c1-4-5-6-7-8-10(14)13(3)12(16)11(15)9(2)17-13/h5-6,10,14-15H,4,7-8H2,1-3H3/b6-5-. The van der Waals surface area contributed by atoms with Gasteiger partial charge in [-0.1, -0.05) is 19.1 Å². The van der Waals surface area contributed by atoms with Gasteiger partial charge in [-0.25, -0.2) is 0 Å². The molecule has 17 heavy (non-hydrogen) atoms. The minimum Gasteiger partial charge on any atom is -0.502 e. The fraction of sp³-hybridized carbons (Fsp3) is 0.615. The molecule has 4 nitrogen and oxygen atoms in total. The van der Waals surface area contributed by atoms with Gasteiger partial charge in [0, 0.05) is 0 Å². The SMILES string of the molecule is CC/C=C\CCC(O)C1(C)OC(C)=C(O)C1=O. The lowest BCUT2D eigenvalue weighted by Gasteiger charge is -2.28. The van der Waals surface area contributed by atoms with Gasteiger partial charge in [-0.15, -0.1) is 0 Å². The van der Waals surface area contributed by atoms with E-state index in [-0.39, 0.29) is 11.5 Å². The molecule has 0 saturated carbocycles. The first-order chi connectivity index (χ1) is 7.93. The first-order valence-corrected chi connectivity index (χ1v) is 5.90. The van der Waals surface area contributed by atoms with Crippen molar-refractivity contribution in [2.45, 2.75) is 51.7 Å². The van der Waals surface area contributed by atoms with Gasteiger partial charge in [0.2, 0.25) is 11.5 Å². The van der Waals surface area contributed by atoms with Crippen LogP contribution in [0.5, 0.6) is 0 Å². The van der Waals surface area contributed by atoms with Crippen LogP contribution in [0.4, 0.5) is 0 Å². The molecule has 0 aromatic heterocycles. The maximum atomic E-state index is 11.8. The van der Waals surface area contributed by atoms with Crippen LogP contribution in [-0.2, 0) is 9.53 Å². The van der Waals surface area contributed by atoms with Crippen LogP contribution in [0.15, 0.2) is 23.7 Å². The summed E-state index contributed by atoms with van der Waals surface area (Å²) < 4.78 is 5.30. The van der Waals surface area contributed by atoms with Gasteiger partial charge < -0.3 is 14.9 Å². The second kappa shape index (κ2) is 5.36. The van der Waals surface area contributed by atoms with Gasteiger partial charge in [-0.05, 0) is 33.1 Å². The Morgan fingerprint density at radius 2 is 2.12 bits per heavy atom. The molecular weight excluding hydrogens is 220 g/mol. The van der Waals surface area contributed by atoms with E-state index in [1.54, 1.807) is 0 Å². The molecule has 2 unspecified atom stereocenters. The average Bonchev–Trinajstić information content (AvgIpc) is 2.50. The Balaban J connectivity index is 2.61. The Kier molecular flexibility index (Phi) is 4.34. The van der Waals surface area contributed by atoms with E-state index in [9.17, 15) is 15.0 Å². The number of aliphatic hydroxyl groups is 2. The molecule has 2 N–H and O–H groups in total. The highest BCUT2D eigenvalue weighted by Gasteiger charge is 2.49. The summed E-state index contributed by atoms with van der Waals surface area (Å²) in [5.74, 6) is -0.738. The average molecular weight is 240 g/mol. The Hall–Kier alpha value is -1.29. The third-order valence-corrected chi connectivity index (χ3v) is 3.01. The molecule has 1 aliphatic rings. The van der Waals surface area contributed by atoms with Gasteiger partial charge in [-0.2, -0.15) is 0 Å². The summed E-state index contributed by atoms with van der Waals surface area (Å²) >= 11 is 0. The van der Waals surface area contributed by atoms with E-state index in [2.05, 4.69) is 0 Å². The maximum absolute atomic E-state index is 11.8. The van der Waals surface area contributed by atoms with Crippen molar-refractivity contribution in [3.05, 3.63) is 23.7 Å². The normalized spacial score (nSPS) is 26.7. The number of ketones is 1. The second-order valence-electron chi connectivity index (χ2n) is 4.42. The summed E-state index contributed by atoms with van der Waals surface area (Å²) in [6, 6.07) is 0. The second-order valence-corrected chi connectivity index (χ2v) is 4.42. The van der Waals surface area contributed by atoms with E-state index in [4.69, 9.17) is 4.74 Å². The van der Waals surface area contributed by atoms with Crippen molar-refractivity contribution in [2.75, 3.05) is 0 Å². The number of hydrogen-bond donors (Lipinski definition) is 2. The van der Waals surface area contributed by atoms with Crippen LogP contribution in [0.2, 0.25) is 0 Å². The first-order valence-electron chi connectivity index (χ1n) is 5.90. The highest BCUT2D eigenvalue weighted by Crippen LogP contribution is 2.33. The summed E-state index contributed by atoms with van der Waals surface area (Å²) in [4.78, 5) is 11.8. The largest absolute Gasteiger partial charge is 0.502 e. The van der Waals surface area contributed by atoms with Crippen LogP contribution in [0.25, 0.3) is 0 Å². The molecular formula is C13H20O4. The summed E-state index contributed by atoms with van der Waals surface area (Å²) in [6.45, 7) is 5.06. The van der Waals surface area contributed by atoms with Crippen LogP contribution in [-0.4, -0.2) is 27.7 Å². The number of allylic oxidation sites excluding steroid dienone is 3. The van der Waals surface area contributed by atoms with Crippen molar-refractivity contribution >= 4 is 5.78 Å². The quantitative estimate of drug-likeness (QED) is 0.723. The van der Waals surface area contributed by atoms with Crippen LogP contribution < -0.4 is 0 Å². The summed E-state index contributed by atoms with van der Waals surface area (Å²) in [5, 5.41) is 19.4. The van der Waals surface area contributed by atoms with Gasteiger partial charge >= 0.3 is 0 Å². The Labute approximate surface area is 102 Å². The van der Waals surface area contributed by atoms with E-state index >= 15 is 0 Å². The fourth-order valence-corrected chi connectivity index (χ4v) is 1.84. The van der Waals surface area contributed by atoms with E-state index in [0.29, 0.717) is 12.8 Å². The minimum atomic E-state index is -1.34. The van der Waals surface area contributed by atoms with Gasteiger partial charge in [0.1, 0.15) is 11.9 Å². The topological polar surface area (TPSA) is 66.8 Å². The van der Waals surface area contributed by atoms with Gasteiger partial charge in [0.05, 0.1) is 0 Å². The molecule has 0 fully saturated rings. The zero-order valence-electron chi connectivity index (χ0n) is 10.6. The number of carbonyl (C=O) groups is 1. The van der Waals surface area contributed by atoms with Crippen LogP contribution in [0, 0.1) is 0 Å². The van der Waals surface area contributed by atoms with Crippen molar-refractivity contribution in [2.24, 2.45) is 0 Å². The Bertz CT molecular complexity index is 356. The van der Waals surface area contributed by atoms with E-state index < -0.39 is 17.5 Å². The van der Waals surface area contributed by atoms with Crippen molar-refractivity contribution in [3.63, 3.8) is 0 Å². The number of aliphatic hydroxyl groups excluding tert-OH is 2. The molecule has 0 aliphatic carbocycles. The summed E-state index contributed by atoms with van der Waals surface area (Å²) in [5.41, 5.74) is -1.34. The molecule has 0 aromatic carbocycles. The molecule has 0 bridgehead atoms. The monoisotopic (exact) mass is 240 g/mol. The molecule has 0 spiro atoms. The maximum Gasteiger partial charge on any atom is 0.246 e. The Morgan fingerprint density at radius 1 is 1.47 bits per heavy atom. The molecule has 4 heteroatoms. The third kappa shape index (κ3) is 2.69. The molecule has 1 aliphatic heterocycles. The van der Waals surface area contributed by atoms with Gasteiger partial charge in [0.25, 0.3) is 0 Å². The number of ether oxygens (including phenoxy) is 1. The lowest BCUT2D eigenvalue weighted by molar-refractivity contribution is -0.142. The Morgan fingerprint density at radius 3 is 2.59 bits per heavy atom. The zero-order chi connectivity index (χ0) is 13.1. The minimum absolute atomic E-state index is 0.181. The predicted octanol–water partition coefficient (Wildman–Crippen LogP) is 2.24. The molecule has 0 aromatic rings. The van der Waals surface area contributed by atoms with E-state index in [1.165, 1.54) is 13.8 Å². The van der Waals surface area contributed by atoms with Crippen molar-refractivity contribution < 1.29 is 19.7 Å². The molecule has 1 heterocycles. The molecule has 0 saturated heterocycles. The van der Waals surface area contributed by atoms with Crippen molar-refractivity contribution in [3.8, 4) is 0 Å².